The Morgan fingerprint density at radius 3 is 2.52 bits per heavy atom. The van der Waals surface area contributed by atoms with E-state index in [1.54, 1.807) is 0 Å². The molecule has 1 aromatic heterocycles. The lowest BCUT2D eigenvalue weighted by atomic mass is 10.1. The Morgan fingerprint density at radius 2 is 1.86 bits per heavy atom. The average molecular weight is 283 g/mol. The quantitative estimate of drug-likeness (QED) is 0.631. The van der Waals surface area contributed by atoms with Crippen molar-refractivity contribution in [2.75, 3.05) is 10.6 Å². The number of nitrogens with zero attached hydrogens (tertiary/aromatic N) is 2. The number of imide groups is 1. The van der Waals surface area contributed by atoms with Gasteiger partial charge in [-0.05, 0) is 24.3 Å². The molecule has 1 aliphatic rings. The van der Waals surface area contributed by atoms with E-state index in [1.165, 1.54) is 36.7 Å². The zero-order valence-corrected chi connectivity index (χ0v) is 10.6. The SMILES string of the molecule is Nc1ccc(C(=O)O)c(N2C(=O)c3ccncc3C2=O)c1. The van der Waals surface area contributed by atoms with Crippen LogP contribution in [0, 0.1) is 0 Å². The van der Waals surface area contributed by atoms with E-state index in [0.29, 0.717) is 0 Å². The zero-order valence-electron chi connectivity index (χ0n) is 10.6. The van der Waals surface area contributed by atoms with Gasteiger partial charge >= 0.3 is 5.97 Å². The van der Waals surface area contributed by atoms with Crippen molar-refractivity contribution < 1.29 is 19.5 Å². The first-order chi connectivity index (χ1) is 10.0. The van der Waals surface area contributed by atoms with Crippen molar-refractivity contribution in [2.24, 2.45) is 0 Å². The molecule has 2 amide bonds. The number of carboxylic acid groups (broad SMARTS) is 1. The number of amides is 2. The van der Waals surface area contributed by atoms with E-state index in [1.807, 2.05) is 0 Å². The average Bonchev–Trinajstić information content (AvgIpc) is 2.71. The fourth-order valence-corrected chi connectivity index (χ4v) is 2.22. The summed E-state index contributed by atoms with van der Waals surface area (Å²) < 4.78 is 0. The Labute approximate surface area is 118 Å². The van der Waals surface area contributed by atoms with Crippen molar-refractivity contribution >= 4 is 29.2 Å². The molecule has 7 heteroatoms. The molecule has 21 heavy (non-hydrogen) atoms. The largest absolute Gasteiger partial charge is 0.478 e. The van der Waals surface area contributed by atoms with Gasteiger partial charge in [-0.1, -0.05) is 0 Å². The summed E-state index contributed by atoms with van der Waals surface area (Å²) in [7, 11) is 0. The first-order valence-electron chi connectivity index (χ1n) is 5.96. The molecule has 3 N–H and O–H groups in total. The van der Waals surface area contributed by atoms with Crippen LogP contribution in [0.2, 0.25) is 0 Å². The number of pyridine rings is 1. The van der Waals surface area contributed by atoms with E-state index < -0.39 is 17.8 Å². The normalized spacial score (nSPS) is 13.4. The fraction of sp³-hybridized carbons (Fsp3) is 0. The minimum Gasteiger partial charge on any atom is -0.478 e. The highest BCUT2D eigenvalue weighted by molar-refractivity contribution is 6.35. The number of aromatic carboxylic acids is 1. The number of hydrogen-bond acceptors (Lipinski definition) is 5. The summed E-state index contributed by atoms with van der Waals surface area (Å²) in [5.41, 5.74) is 6.00. The van der Waals surface area contributed by atoms with Gasteiger partial charge in [0.25, 0.3) is 11.8 Å². The number of hydrogen-bond donors (Lipinski definition) is 2. The van der Waals surface area contributed by atoms with Gasteiger partial charge in [-0.2, -0.15) is 0 Å². The first kappa shape index (κ1) is 12.8. The van der Waals surface area contributed by atoms with Crippen molar-refractivity contribution in [3.63, 3.8) is 0 Å². The number of rotatable bonds is 2. The Hall–Kier alpha value is -3.22. The summed E-state index contributed by atoms with van der Waals surface area (Å²) in [5.74, 6) is -2.46. The number of nitrogen functional groups attached to an aromatic ring is 1. The molecular formula is C14H9N3O4. The number of benzene rings is 1. The van der Waals surface area contributed by atoms with Gasteiger partial charge < -0.3 is 10.8 Å². The molecule has 1 aliphatic heterocycles. The molecule has 2 aromatic rings. The lowest BCUT2D eigenvalue weighted by Crippen LogP contribution is -2.31. The molecule has 0 unspecified atom stereocenters. The van der Waals surface area contributed by atoms with Gasteiger partial charge in [-0.25, -0.2) is 9.69 Å². The summed E-state index contributed by atoms with van der Waals surface area (Å²) in [6.45, 7) is 0. The molecule has 1 aromatic carbocycles. The van der Waals surface area contributed by atoms with Crippen LogP contribution in [-0.2, 0) is 0 Å². The van der Waals surface area contributed by atoms with E-state index in [9.17, 15) is 19.5 Å². The maximum Gasteiger partial charge on any atom is 0.337 e. The minimum atomic E-state index is -1.25. The van der Waals surface area contributed by atoms with Crippen LogP contribution >= 0.6 is 0 Å². The van der Waals surface area contributed by atoms with Crippen molar-refractivity contribution in [3.8, 4) is 0 Å². The number of carboxylic acids is 1. The smallest absolute Gasteiger partial charge is 0.337 e. The molecule has 0 saturated carbocycles. The lowest BCUT2D eigenvalue weighted by Gasteiger charge is -2.16. The molecule has 0 aliphatic carbocycles. The van der Waals surface area contributed by atoms with Crippen LogP contribution in [0.25, 0.3) is 0 Å². The van der Waals surface area contributed by atoms with Crippen molar-refractivity contribution in [1.29, 1.82) is 0 Å². The van der Waals surface area contributed by atoms with Crippen molar-refractivity contribution in [3.05, 3.63) is 53.3 Å². The molecule has 0 fully saturated rings. The molecule has 2 heterocycles. The van der Waals surface area contributed by atoms with Gasteiger partial charge in [0.2, 0.25) is 0 Å². The monoisotopic (exact) mass is 283 g/mol. The third-order valence-electron chi connectivity index (χ3n) is 3.18. The van der Waals surface area contributed by atoms with E-state index >= 15 is 0 Å². The van der Waals surface area contributed by atoms with Crippen LogP contribution in [0.4, 0.5) is 11.4 Å². The van der Waals surface area contributed by atoms with Crippen LogP contribution in [0.1, 0.15) is 31.1 Å². The molecule has 0 spiro atoms. The van der Waals surface area contributed by atoms with E-state index in [4.69, 9.17) is 5.73 Å². The number of carbonyl (C=O) groups excluding carboxylic acids is 2. The lowest BCUT2D eigenvalue weighted by molar-refractivity contribution is 0.0698. The number of anilines is 2. The summed E-state index contributed by atoms with van der Waals surface area (Å²) >= 11 is 0. The molecule has 0 saturated heterocycles. The van der Waals surface area contributed by atoms with Crippen LogP contribution in [-0.4, -0.2) is 27.9 Å². The summed E-state index contributed by atoms with van der Waals surface area (Å²) in [5, 5.41) is 9.20. The summed E-state index contributed by atoms with van der Waals surface area (Å²) in [6.07, 6.45) is 2.67. The first-order valence-corrected chi connectivity index (χ1v) is 5.96. The van der Waals surface area contributed by atoms with Gasteiger partial charge in [0.05, 0.1) is 22.4 Å². The third-order valence-corrected chi connectivity index (χ3v) is 3.18. The van der Waals surface area contributed by atoms with Gasteiger partial charge in [-0.3, -0.25) is 14.6 Å². The summed E-state index contributed by atoms with van der Waals surface area (Å²) in [6, 6.07) is 5.36. The number of fused-ring (bicyclic) bond motifs is 1. The van der Waals surface area contributed by atoms with E-state index in [2.05, 4.69) is 4.98 Å². The predicted molar refractivity (Wildman–Crippen MR) is 73.2 cm³/mol. The maximum atomic E-state index is 12.3. The van der Waals surface area contributed by atoms with Crippen LogP contribution < -0.4 is 10.6 Å². The molecular weight excluding hydrogens is 274 g/mol. The zero-order chi connectivity index (χ0) is 15.1. The standard InChI is InChI=1S/C14H9N3O4/c15-7-1-2-9(14(20)21)11(5-7)17-12(18)8-3-4-16-6-10(8)13(17)19/h1-6H,15H2,(H,20,21). The molecule has 7 nitrogen and oxygen atoms in total. The van der Waals surface area contributed by atoms with Crippen molar-refractivity contribution in [2.45, 2.75) is 0 Å². The fourth-order valence-electron chi connectivity index (χ4n) is 2.22. The molecule has 0 radical (unpaired) electrons. The highest BCUT2D eigenvalue weighted by Gasteiger charge is 2.38. The van der Waals surface area contributed by atoms with E-state index in [-0.39, 0.29) is 28.1 Å². The van der Waals surface area contributed by atoms with Gasteiger partial charge in [0, 0.05) is 18.1 Å². The van der Waals surface area contributed by atoms with Crippen LogP contribution in [0.5, 0.6) is 0 Å². The Morgan fingerprint density at radius 1 is 1.14 bits per heavy atom. The topological polar surface area (TPSA) is 114 Å². The second-order valence-electron chi connectivity index (χ2n) is 4.45. The molecule has 104 valence electrons. The van der Waals surface area contributed by atoms with Crippen LogP contribution in [0.3, 0.4) is 0 Å². The highest BCUT2D eigenvalue weighted by Crippen LogP contribution is 2.31. The minimum absolute atomic E-state index is 0.0475. The maximum absolute atomic E-state index is 12.3. The number of carbonyl (C=O) groups is 3. The van der Waals surface area contributed by atoms with Gasteiger partial charge in [0.15, 0.2) is 0 Å². The molecule has 0 bridgehead atoms. The Bertz CT molecular complexity index is 766. The van der Waals surface area contributed by atoms with Crippen LogP contribution in [0.15, 0.2) is 36.7 Å². The Kier molecular flexibility index (Phi) is 2.69. The number of nitrogens with two attached hydrogens (primary N) is 1. The summed E-state index contributed by atoms with van der Waals surface area (Å²) in [4.78, 5) is 40.6. The van der Waals surface area contributed by atoms with Gasteiger partial charge in [0.1, 0.15) is 0 Å². The Balaban J connectivity index is 2.20. The highest BCUT2D eigenvalue weighted by atomic mass is 16.4. The molecule has 0 atom stereocenters. The van der Waals surface area contributed by atoms with E-state index in [0.717, 1.165) is 4.90 Å². The van der Waals surface area contributed by atoms with Crippen molar-refractivity contribution in [1.82, 2.24) is 4.98 Å². The van der Waals surface area contributed by atoms with Gasteiger partial charge in [-0.15, -0.1) is 0 Å². The third kappa shape index (κ3) is 1.83. The predicted octanol–water partition coefficient (Wildman–Crippen LogP) is 1.16. The molecule has 3 rings (SSSR count). The number of aromatic nitrogens is 1. The second kappa shape index (κ2) is 4.41. The second-order valence-corrected chi connectivity index (χ2v) is 4.45.